The molecule has 0 bridgehead atoms. The van der Waals surface area contributed by atoms with Crippen LogP contribution in [0.2, 0.25) is 0 Å². The summed E-state index contributed by atoms with van der Waals surface area (Å²) in [5.74, 6) is 1.06. The second-order valence-electron chi connectivity index (χ2n) is 6.44. The van der Waals surface area contributed by atoms with Gasteiger partial charge < -0.3 is 20.9 Å². The minimum Gasteiger partial charge on any atom is -0.392 e. The monoisotopic (exact) mass is 336 g/mol. The number of nitrogens with one attached hydrogen (secondary N) is 1. The molecule has 0 aromatic carbocycles. The van der Waals surface area contributed by atoms with E-state index in [-0.39, 0.29) is 5.56 Å². The van der Waals surface area contributed by atoms with Crippen LogP contribution in [-0.2, 0) is 11.2 Å². The van der Waals surface area contributed by atoms with Gasteiger partial charge in [-0.2, -0.15) is 0 Å². The van der Waals surface area contributed by atoms with Gasteiger partial charge in [0.05, 0.1) is 17.8 Å². The summed E-state index contributed by atoms with van der Waals surface area (Å²) in [5, 5.41) is 12.4. The van der Waals surface area contributed by atoms with Gasteiger partial charge in [0.25, 0.3) is 5.91 Å². The molecule has 1 heterocycles. The molecule has 0 saturated heterocycles. The first-order valence-electron chi connectivity index (χ1n) is 8.68. The summed E-state index contributed by atoms with van der Waals surface area (Å²) in [6.07, 6.45) is 6.44. The van der Waals surface area contributed by atoms with E-state index in [0.29, 0.717) is 30.2 Å². The smallest absolute Gasteiger partial charge is 0.254 e. The summed E-state index contributed by atoms with van der Waals surface area (Å²) in [6.45, 7) is 4.76. The lowest BCUT2D eigenvalue weighted by Gasteiger charge is -2.28. The van der Waals surface area contributed by atoms with Crippen LogP contribution in [0.1, 0.15) is 55.7 Å². The van der Waals surface area contributed by atoms with E-state index in [4.69, 9.17) is 10.5 Å². The number of carbonyl (C=O) groups is 1. The van der Waals surface area contributed by atoms with Gasteiger partial charge in [0.15, 0.2) is 0 Å². The number of aliphatic hydroxyl groups is 1. The summed E-state index contributed by atoms with van der Waals surface area (Å²) in [7, 11) is 0. The second kappa shape index (κ2) is 8.94. The maximum atomic E-state index is 11.5. The van der Waals surface area contributed by atoms with E-state index in [1.54, 1.807) is 6.92 Å². The average Bonchev–Trinajstić information content (AvgIpc) is 2.55. The SMILES string of the molecule is CCOC1CCC(Cc2ncc(C(N)=O)c(NC[C@@H](C)O)n2)CC1. The Hall–Kier alpha value is -1.73. The highest BCUT2D eigenvalue weighted by atomic mass is 16.5. The van der Waals surface area contributed by atoms with E-state index in [9.17, 15) is 9.90 Å². The molecule has 24 heavy (non-hydrogen) atoms. The number of rotatable bonds is 8. The Morgan fingerprint density at radius 3 is 2.75 bits per heavy atom. The topological polar surface area (TPSA) is 110 Å². The number of ether oxygens (including phenoxy) is 1. The van der Waals surface area contributed by atoms with Gasteiger partial charge in [-0.25, -0.2) is 9.97 Å². The van der Waals surface area contributed by atoms with Gasteiger partial charge in [-0.15, -0.1) is 0 Å². The first kappa shape index (κ1) is 18.6. The molecular weight excluding hydrogens is 308 g/mol. The Kier molecular flexibility index (Phi) is 6.93. The minimum absolute atomic E-state index is 0.249. The number of nitrogens with two attached hydrogens (primary N) is 1. The number of amides is 1. The highest BCUT2D eigenvalue weighted by molar-refractivity contribution is 5.97. The number of carbonyl (C=O) groups excluding carboxylic acids is 1. The number of primary amides is 1. The Morgan fingerprint density at radius 1 is 1.46 bits per heavy atom. The van der Waals surface area contributed by atoms with Gasteiger partial charge in [0.1, 0.15) is 11.6 Å². The van der Waals surface area contributed by atoms with E-state index >= 15 is 0 Å². The first-order valence-corrected chi connectivity index (χ1v) is 8.68. The molecular formula is C17H28N4O3. The molecule has 134 valence electrons. The third-order valence-corrected chi connectivity index (χ3v) is 4.34. The highest BCUT2D eigenvalue weighted by Gasteiger charge is 2.23. The number of hydrogen-bond acceptors (Lipinski definition) is 6. The highest BCUT2D eigenvalue weighted by Crippen LogP contribution is 2.28. The van der Waals surface area contributed by atoms with Gasteiger partial charge in [0, 0.05) is 25.8 Å². The van der Waals surface area contributed by atoms with Crippen LogP contribution in [0.3, 0.4) is 0 Å². The zero-order valence-corrected chi connectivity index (χ0v) is 14.5. The van der Waals surface area contributed by atoms with Crippen molar-refractivity contribution in [2.75, 3.05) is 18.5 Å². The Balaban J connectivity index is 2.00. The average molecular weight is 336 g/mol. The Labute approximate surface area is 143 Å². The van der Waals surface area contributed by atoms with Crippen LogP contribution >= 0.6 is 0 Å². The normalized spacial score (nSPS) is 22.1. The molecule has 1 atom stereocenters. The number of nitrogens with zero attached hydrogens (tertiary/aromatic N) is 2. The zero-order valence-electron chi connectivity index (χ0n) is 14.5. The van der Waals surface area contributed by atoms with Gasteiger partial charge >= 0.3 is 0 Å². The minimum atomic E-state index is -0.577. The van der Waals surface area contributed by atoms with Gasteiger partial charge in [-0.3, -0.25) is 4.79 Å². The fraction of sp³-hybridized carbons (Fsp3) is 0.706. The molecule has 0 unspecified atom stereocenters. The number of aromatic nitrogens is 2. The summed E-state index contributed by atoms with van der Waals surface area (Å²) in [6, 6.07) is 0. The molecule has 1 aromatic heterocycles. The van der Waals surface area contributed by atoms with Crippen molar-refractivity contribution >= 4 is 11.7 Å². The van der Waals surface area contributed by atoms with Gasteiger partial charge in [-0.05, 0) is 45.4 Å². The molecule has 7 nitrogen and oxygen atoms in total. The predicted molar refractivity (Wildman–Crippen MR) is 91.8 cm³/mol. The molecule has 1 fully saturated rings. The number of hydrogen-bond donors (Lipinski definition) is 3. The van der Waals surface area contributed by atoms with Crippen LogP contribution in [0, 0.1) is 5.92 Å². The third kappa shape index (κ3) is 5.42. The lowest BCUT2D eigenvalue weighted by molar-refractivity contribution is 0.0255. The van der Waals surface area contributed by atoms with Crippen molar-refractivity contribution in [3.05, 3.63) is 17.6 Å². The van der Waals surface area contributed by atoms with Gasteiger partial charge in [0.2, 0.25) is 0 Å². The van der Waals surface area contributed by atoms with Crippen LogP contribution in [0.4, 0.5) is 5.82 Å². The van der Waals surface area contributed by atoms with Gasteiger partial charge in [-0.1, -0.05) is 0 Å². The lowest BCUT2D eigenvalue weighted by atomic mass is 9.85. The lowest BCUT2D eigenvalue weighted by Crippen LogP contribution is -2.24. The molecule has 4 N–H and O–H groups in total. The fourth-order valence-corrected chi connectivity index (χ4v) is 3.07. The molecule has 1 aromatic rings. The maximum Gasteiger partial charge on any atom is 0.254 e. The summed E-state index contributed by atoms with van der Waals surface area (Å²) < 4.78 is 5.68. The molecule has 0 aliphatic heterocycles. The van der Waals surface area contributed by atoms with Crippen LogP contribution < -0.4 is 11.1 Å². The molecule has 0 spiro atoms. The van der Waals surface area contributed by atoms with Crippen molar-refractivity contribution in [1.82, 2.24) is 9.97 Å². The zero-order chi connectivity index (χ0) is 17.5. The largest absolute Gasteiger partial charge is 0.392 e. The quantitative estimate of drug-likeness (QED) is 0.663. The van der Waals surface area contributed by atoms with E-state index in [2.05, 4.69) is 15.3 Å². The number of anilines is 1. The van der Waals surface area contributed by atoms with Crippen LogP contribution in [-0.4, -0.2) is 46.3 Å². The molecule has 1 amide bonds. The van der Waals surface area contributed by atoms with Crippen molar-refractivity contribution in [1.29, 1.82) is 0 Å². The van der Waals surface area contributed by atoms with E-state index in [1.807, 2.05) is 6.92 Å². The van der Waals surface area contributed by atoms with Crippen molar-refractivity contribution in [2.45, 2.75) is 58.2 Å². The summed E-state index contributed by atoms with van der Waals surface area (Å²) in [4.78, 5) is 20.2. The predicted octanol–water partition coefficient (Wildman–Crippen LogP) is 1.51. The molecule has 1 saturated carbocycles. The van der Waals surface area contributed by atoms with Crippen molar-refractivity contribution in [3.63, 3.8) is 0 Å². The second-order valence-corrected chi connectivity index (χ2v) is 6.44. The summed E-state index contributed by atoms with van der Waals surface area (Å²) in [5.41, 5.74) is 5.61. The standard InChI is InChI=1S/C17H28N4O3/c1-3-24-13-6-4-12(5-7-13)8-15-19-10-14(16(18)23)17(21-15)20-9-11(2)22/h10-13,22H,3-9H2,1-2H3,(H2,18,23)(H,19,20,21)/t11-,12?,13?/m1/s1. The summed E-state index contributed by atoms with van der Waals surface area (Å²) >= 11 is 0. The third-order valence-electron chi connectivity index (χ3n) is 4.34. The van der Waals surface area contributed by atoms with Crippen LogP contribution in [0.15, 0.2) is 6.20 Å². The Morgan fingerprint density at radius 2 is 2.17 bits per heavy atom. The van der Waals surface area contributed by atoms with E-state index in [0.717, 1.165) is 38.7 Å². The van der Waals surface area contributed by atoms with Crippen molar-refractivity contribution in [3.8, 4) is 0 Å². The molecule has 1 aliphatic carbocycles. The Bertz CT molecular complexity index is 543. The number of aliphatic hydroxyl groups excluding tert-OH is 1. The molecule has 0 radical (unpaired) electrons. The van der Waals surface area contributed by atoms with E-state index in [1.165, 1.54) is 6.20 Å². The van der Waals surface area contributed by atoms with Crippen LogP contribution in [0.25, 0.3) is 0 Å². The van der Waals surface area contributed by atoms with E-state index < -0.39 is 12.0 Å². The van der Waals surface area contributed by atoms with Crippen molar-refractivity contribution < 1.29 is 14.6 Å². The molecule has 2 rings (SSSR count). The molecule has 7 heteroatoms. The fourth-order valence-electron chi connectivity index (χ4n) is 3.07. The van der Waals surface area contributed by atoms with Crippen LogP contribution in [0.5, 0.6) is 0 Å². The first-order chi connectivity index (χ1) is 11.5. The maximum absolute atomic E-state index is 11.5. The van der Waals surface area contributed by atoms with Crippen molar-refractivity contribution in [2.24, 2.45) is 11.7 Å². The molecule has 1 aliphatic rings.